The van der Waals surface area contributed by atoms with Crippen molar-refractivity contribution in [1.29, 1.82) is 0 Å². The van der Waals surface area contributed by atoms with Crippen LogP contribution in [-0.2, 0) is 16.8 Å². The maximum atomic E-state index is 13.3. The highest BCUT2D eigenvalue weighted by Gasteiger charge is 2.48. The molecule has 0 atom stereocenters. The second-order valence-corrected chi connectivity index (χ2v) is 8.33. The third-order valence-electron chi connectivity index (χ3n) is 5.71. The van der Waals surface area contributed by atoms with Crippen LogP contribution in [0.2, 0.25) is 0 Å². The Morgan fingerprint density at radius 1 is 1.22 bits per heavy atom. The molecule has 9 heteroatoms. The standard InChI is InChI=1S/C18H21N7OS/c26-17(18(5-1-2-6-18)16-4-3-9-27-16)23-12-15(13-23)24-10-14(21-22-24)11-25-19-7-8-20-25/h3-4,7-10,15H,1-2,5-6,11-13H2. The van der Waals surface area contributed by atoms with E-state index in [1.807, 2.05) is 15.8 Å². The van der Waals surface area contributed by atoms with Gasteiger partial charge in [0.1, 0.15) is 12.2 Å². The second kappa shape index (κ2) is 6.56. The van der Waals surface area contributed by atoms with E-state index in [0.717, 1.165) is 31.4 Å². The molecule has 1 amide bonds. The monoisotopic (exact) mass is 383 g/mol. The molecule has 4 heterocycles. The van der Waals surface area contributed by atoms with E-state index in [1.54, 1.807) is 28.5 Å². The zero-order valence-electron chi connectivity index (χ0n) is 14.9. The maximum absolute atomic E-state index is 13.3. The van der Waals surface area contributed by atoms with Crippen molar-refractivity contribution in [1.82, 2.24) is 34.9 Å². The third-order valence-corrected chi connectivity index (χ3v) is 6.78. The summed E-state index contributed by atoms with van der Waals surface area (Å²) in [6, 6.07) is 4.37. The van der Waals surface area contributed by atoms with E-state index < -0.39 is 0 Å². The smallest absolute Gasteiger partial charge is 0.234 e. The van der Waals surface area contributed by atoms with E-state index in [2.05, 4.69) is 38.0 Å². The zero-order valence-corrected chi connectivity index (χ0v) is 15.8. The lowest BCUT2D eigenvalue weighted by atomic mass is 9.81. The lowest BCUT2D eigenvalue weighted by Crippen LogP contribution is -2.56. The largest absolute Gasteiger partial charge is 0.337 e. The van der Waals surface area contributed by atoms with E-state index in [-0.39, 0.29) is 11.5 Å². The van der Waals surface area contributed by atoms with E-state index >= 15 is 0 Å². The van der Waals surface area contributed by atoms with Gasteiger partial charge in [0.25, 0.3) is 0 Å². The van der Waals surface area contributed by atoms with Crippen molar-refractivity contribution in [3.05, 3.63) is 46.7 Å². The minimum atomic E-state index is -0.293. The molecule has 27 heavy (non-hydrogen) atoms. The number of likely N-dealkylation sites (tertiary alicyclic amines) is 1. The number of hydrogen-bond acceptors (Lipinski definition) is 6. The molecule has 1 aliphatic heterocycles. The van der Waals surface area contributed by atoms with Gasteiger partial charge in [-0.05, 0) is 24.3 Å². The minimum absolute atomic E-state index is 0.197. The van der Waals surface area contributed by atoms with Crippen LogP contribution in [0.1, 0.15) is 42.3 Å². The molecular formula is C18H21N7OS. The molecule has 2 fully saturated rings. The minimum Gasteiger partial charge on any atom is -0.337 e. The van der Waals surface area contributed by atoms with Gasteiger partial charge in [-0.1, -0.05) is 24.1 Å². The first kappa shape index (κ1) is 16.6. The van der Waals surface area contributed by atoms with Crippen LogP contribution in [0, 0.1) is 0 Å². The van der Waals surface area contributed by atoms with Gasteiger partial charge in [-0.15, -0.1) is 16.4 Å². The van der Waals surface area contributed by atoms with Gasteiger partial charge < -0.3 is 4.90 Å². The Bertz CT molecular complexity index is 906. The Kier molecular flexibility index (Phi) is 4.04. The first-order valence-corrected chi connectivity index (χ1v) is 10.2. The van der Waals surface area contributed by atoms with Crippen LogP contribution in [0.5, 0.6) is 0 Å². The van der Waals surface area contributed by atoms with Crippen molar-refractivity contribution in [2.24, 2.45) is 0 Å². The van der Waals surface area contributed by atoms with Crippen LogP contribution in [0.15, 0.2) is 36.1 Å². The van der Waals surface area contributed by atoms with Gasteiger partial charge in [0.05, 0.1) is 30.0 Å². The number of nitrogens with zero attached hydrogens (tertiary/aromatic N) is 7. The highest BCUT2D eigenvalue weighted by Crippen LogP contribution is 2.45. The van der Waals surface area contributed by atoms with Gasteiger partial charge in [-0.2, -0.15) is 15.0 Å². The van der Waals surface area contributed by atoms with Gasteiger partial charge >= 0.3 is 0 Å². The fraction of sp³-hybridized carbons (Fsp3) is 0.500. The Morgan fingerprint density at radius 3 is 2.70 bits per heavy atom. The highest BCUT2D eigenvalue weighted by atomic mass is 32.1. The molecule has 0 spiro atoms. The van der Waals surface area contributed by atoms with Crippen LogP contribution in [0.25, 0.3) is 0 Å². The summed E-state index contributed by atoms with van der Waals surface area (Å²) >= 11 is 1.71. The molecule has 8 nitrogen and oxygen atoms in total. The predicted octanol–water partition coefficient (Wildman–Crippen LogP) is 1.87. The molecule has 0 radical (unpaired) electrons. The molecule has 0 N–H and O–H groups in total. The molecule has 2 aliphatic rings. The number of thiophene rings is 1. The summed E-state index contributed by atoms with van der Waals surface area (Å²) in [5.74, 6) is 0.291. The molecule has 5 rings (SSSR count). The summed E-state index contributed by atoms with van der Waals surface area (Å²) in [5.41, 5.74) is 0.528. The SMILES string of the molecule is O=C(N1CC(n2cc(Cn3nccn3)nn2)C1)C1(c2cccs2)CCCC1. The average molecular weight is 383 g/mol. The van der Waals surface area contributed by atoms with Gasteiger partial charge in [0.2, 0.25) is 5.91 Å². The Balaban J connectivity index is 1.25. The number of hydrogen-bond donors (Lipinski definition) is 0. The Hall–Kier alpha value is -2.55. The van der Waals surface area contributed by atoms with E-state index in [9.17, 15) is 4.79 Å². The van der Waals surface area contributed by atoms with Crippen molar-refractivity contribution in [2.45, 2.75) is 43.7 Å². The predicted molar refractivity (Wildman–Crippen MR) is 99.2 cm³/mol. The summed E-state index contributed by atoms with van der Waals surface area (Å²) < 4.78 is 1.87. The first-order valence-electron chi connectivity index (χ1n) is 9.33. The van der Waals surface area contributed by atoms with E-state index in [0.29, 0.717) is 25.5 Å². The topological polar surface area (TPSA) is 81.7 Å². The maximum Gasteiger partial charge on any atom is 0.234 e. The third kappa shape index (κ3) is 2.86. The number of aromatic nitrogens is 6. The number of amides is 1. The lowest BCUT2D eigenvalue weighted by molar-refractivity contribution is -0.143. The second-order valence-electron chi connectivity index (χ2n) is 7.38. The highest BCUT2D eigenvalue weighted by molar-refractivity contribution is 7.10. The zero-order chi connectivity index (χ0) is 18.3. The average Bonchev–Trinajstić information content (AvgIpc) is 3.42. The molecule has 3 aromatic rings. The summed E-state index contributed by atoms with van der Waals surface area (Å²) in [4.78, 5) is 18.1. The number of carbonyl (C=O) groups is 1. The summed E-state index contributed by atoms with van der Waals surface area (Å²) in [7, 11) is 0. The van der Waals surface area contributed by atoms with Crippen LogP contribution < -0.4 is 0 Å². The van der Waals surface area contributed by atoms with Crippen molar-refractivity contribution < 1.29 is 4.79 Å². The molecule has 0 bridgehead atoms. The molecule has 1 saturated carbocycles. The van der Waals surface area contributed by atoms with Crippen LogP contribution in [0.3, 0.4) is 0 Å². The molecular weight excluding hydrogens is 362 g/mol. The molecule has 1 saturated heterocycles. The van der Waals surface area contributed by atoms with Crippen molar-refractivity contribution >= 4 is 17.2 Å². The Morgan fingerprint density at radius 2 is 2.00 bits per heavy atom. The van der Waals surface area contributed by atoms with Crippen molar-refractivity contribution in [3.8, 4) is 0 Å². The summed E-state index contributed by atoms with van der Waals surface area (Å²) in [6.07, 6.45) is 9.43. The fourth-order valence-electron chi connectivity index (χ4n) is 4.22. The molecule has 0 aromatic carbocycles. The Labute approximate surface area is 160 Å². The van der Waals surface area contributed by atoms with Crippen LogP contribution in [-0.4, -0.2) is 53.9 Å². The summed E-state index contributed by atoms with van der Waals surface area (Å²) in [5, 5.41) is 18.7. The van der Waals surface area contributed by atoms with Crippen molar-refractivity contribution in [2.75, 3.05) is 13.1 Å². The fourth-order valence-corrected chi connectivity index (χ4v) is 5.20. The molecule has 0 unspecified atom stereocenters. The van der Waals surface area contributed by atoms with Gasteiger partial charge in [-0.25, -0.2) is 4.68 Å². The number of carbonyl (C=O) groups excluding carboxylic acids is 1. The molecule has 140 valence electrons. The first-order chi connectivity index (χ1) is 13.2. The summed E-state index contributed by atoms with van der Waals surface area (Å²) in [6.45, 7) is 1.91. The normalized spacial score (nSPS) is 19.3. The van der Waals surface area contributed by atoms with Crippen LogP contribution in [0.4, 0.5) is 0 Å². The molecule has 1 aliphatic carbocycles. The van der Waals surface area contributed by atoms with E-state index in [4.69, 9.17) is 0 Å². The lowest BCUT2D eigenvalue weighted by Gasteiger charge is -2.43. The quantitative estimate of drug-likeness (QED) is 0.672. The number of rotatable bonds is 5. The van der Waals surface area contributed by atoms with Gasteiger partial charge in [-0.3, -0.25) is 4.79 Å². The van der Waals surface area contributed by atoms with Gasteiger partial charge in [0.15, 0.2) is 0 Å². The van der Waals surface area contributed by atoms with E-state index in [1.165, 1.54) is 4.88 Å². The molecule has 3 aromatic heterocycles. The van der Waals surface area contributed by atoms with Gasteiger partial charge in [0, 0.05) is 18.0 Å². The van der Waals surface area contributed by atoms with Crippen LogP contribution >= 0.6 is 11.3 Å². The van der Waals surface area contributed by atoms with Crippen molar-refractivity contribution in [3.63, 3.8) is 0 Å².